The van der Waals surface area contributed by atoms with Crippen LogP contribution in [-0.2, 0) is 0 Å². The van der Waals surface area contributed by atoms with Crippen molar-refractivity contribution in [2.75, 3.05) is 5.32 Å². The Labute approximate surface area is 221 Å². The second-order valence-corrected chi connectivity index (χ2v) is 11.9. The van der Waals surface area contributed by atoms with Crippen LogP contribution in [0.15, 0.2) is 54.0 Å². The van der Waals surface area contributed by atoms with E-state index in [1.807, 2.05) is 19.1 Å². The van der Waals surface area contributed by atoms with Crippen molar-refractivity contribution < 1.29 is 5.11 Å². The van der Waals surface area contributed by atoms with Gasteiger partial charge < -0.3 is 10.4 Å². The number of nitrogens with one attached hydrogen (secondary N) is 1. The van der Waals surface area contributed by atoms with Gasteiger partial charge in [-0.3, -0.25) is 0 Å². The summed E-state index contributed by atoms with van der Waals surface area (Å²) >= 11 is 6.54. The lowest BCUT2D eigenvalue weighted by atomic mass is 9.76. The van der Waals surface area contributed by atoms with Crippen LogP contribution >= 0.6 is 11.6 Å². The lowest BCUT2D eigenvalue weighted by Gasteiger charge is -2.36. The van der Waals surface area contributed by atoms with Crippen molar-refractivity contribution in [1.82, 2.24) is 4.98 Å². The number of aliphatic hydroxyl groups excluding tert-OH is 1. The van der Waals surface area contributed by atoms with E-state index in [0.717, 1.165) is 36.5 Å². The van der Waals surface area contributed by atoms with Crippen molar-refractivity contribution in [2.24, 2.45) is 34.6 Å². The zero-order valence-electron chi connectivity index (χ0n) is 21.6. The molecule has 3 aliphatic rings. The number of hydrogen-bond donors (Lipinski definition) is 2. The Hall–Kier alpha value is -2.17. The van der Waals surface area contributed by atoms with Crippen LogP contribution in [0.1, 0.15) is 68.9 Å². The molecule has 3 saturated carbocycles. The highest BCUT2D eigenvalue weighted by Gasteiger charge is 2.43. The van der Waals surface area contributed by atoms with Crippen LogP contribution in [0.3, 0.4) is 0 Å². The summed E-state index contributed by atoms with van der Waals surface area (Å²) in [5.74, 6) is 5.11. The SMILES string of the molecule is C=CCC(O)C1CCC(CC2CC2C=Nc2nc(NC3CC(c4ccccc4)C3)c(Cl)cc2C)[C@H]1C. The number of halogens is 1. The van der Waals surface area contributed by atoms with Crippen LogP contribution in [-0.4, -0.2) is 28.5 Å². The van der Waals surface area contributed by atoms with Gasteiger partial charge in [-0.05, 0) is 105 Å². The van der Waals surface area contributed by atoms with Gasteiger partial charge in [-0.1, -0.05) is 54.9 Å². The second-order valence-electron chi connectivity index (χ2n) is 11.5. The Morgan fingerprint density at radius 3 is 2.72 bits per heavy atom. The number of aromatic nitrogens is 1. The van der Waals surface area contributed by atoms with E-state index in [4.69, 9.17) is 21.6 Å². The van der Waals surface area contributed by atoms with Crippen molar-refractivity contribution in [1.29, 1.82) is 0 Å². The number of rotatable bonds is 10. The Morgan fingerprint density at radius 1 is 1.19 bits per heavy atom. The molecule has 5 rings (SSSR count). The second kappa shape index (κ2) is 11.1. The quantitative estimate of drug-likeness (QED) is 0.256. The fourth-order valence-corrected chi connectivity index (χ4v) is 6.77. The molecule has 36 heavy (non-hydrogen) atoms. The minimum absolute atomic E-state index is 0.231. The number of nitrogens with zero attached hydrogens (tertiary/aromatic N) is 2. The van der Waals surface area contributed by atoms with Gasteiger partial charge in [0, 0.05) is 12.3 Å². The number of benzene rings is 1. The monoisotopic (exact) mass is 505 g/mol. The molecule has 2 aromatic rings. The average molecular weight is 506 g/mol. The summed E-state index contributed by atoms with van der Waals surface area (Å²) in [4.78, 5) is 9.61. The molecule has 0 saturated heterocycles. The maximum atomic E-state index is 10.4. The third kappa shape index (κ3) is 5.70. The molecule has 4 nitrogen and oxygen atoms in total. The summed E-state index contributed by atoms with van der Waals surface area (Å²) in [6, 6.07) is 13.1. The van der Waals surface area contributed by atoms with Crippen molar-refractivity contribution in [3.05, 3.63) is 65.2 Å². The molecule has 2 N–H and O–H groups in total. The third-order valence-corrected chi connectivity index (χ3v) is 9.34. The topological polar surface area (TPSA) is 57.5 Å². The molecular weight excluding hydrogens is 466 g/mol. The standard InChI is InChI=1S/C31H40ClN3O/c1-4-8-29(36)27-12-11-22(20(27)3)14-23-15-25(23)18-33-30-19(2)13-28(32)31(35-30)34-26-16-24(17-26)21-9-6-5-7-10-21/h4-7,9-10,13,18,20,22-27,29,36H,1,8,11-12,14-17H2,2-3H3,(H,34,35)/t20-,22?,23?,24?,25?,26?,27?,29?/m1/s1. The molecule has 0 radical (unpaired) electrons. The van der Waals surface area contributed by atoms with E-state index in [2.05, 4.69) is 55.4 Å². The lowest BCUT2D eigenvalue weighted by molar-refractivity contribution is 0.0844. The van der Waals surface area contributed by atoms with Gasteiger partial charge in [0.25, 0.3) is 0 Å². The fourth-order valence-electron chi connectivity index (χ4n) is 6.51. The predicted octanol–water partition coefficient (Wildman–Crippen LogP) is 7.73. The van der Waals surface area contributed by atoms with E-state index in [-0.39, 0.29) is 6.10 Å². The minimum atomic E-state index is -0.231. The molecule has 1 heterocycles. The average Bonchev–Trinajstić information content (AvgIpc) is 3.48. The molecule has 6 atom stereocenters. The molecule has 0 aliphatic heterocycles. The third-order valence-electron chi connectivity index (χ3n) is 9.05. The predicted molar refractivity (Wildman–Crippen MR) is 150 cm³/mol. The highest BCUT2D eigenvalue weighted by molar-refractivity contribution is 6.33. The van der Waals surface area contributed by atoms with Crippen molar-refractivity contribution >= 4 is 29.5 Å². The molecule has 1 aromatic heterocycles. The molecule has 3 fully saturated rings. The summed E-state index contributed by atoms with van der Waals surface area (Å²) in [5, 5.41) is 14.7. The number of pyridine rings is 1. The fraction of sp³-hybridized carbons (Fsp3) is 0.548. The molecule has 0 amide bonds. The number of anilines is 1. The lowest BCUT2D eigenvalue weighted by Crippen LogP contribution is -2.34. The van der Waals surface area contributed by atoms with E-state index < -0.39 is 0 Å². The molecule has 5 heteroatoms. The maximum absolute atomic E-state index is 10.4. The van der Waals surface area contributed by atoms with Gasteiger partial charge in [0.15, 0.2) is 5.82 Å². The number of hydrogen-bond acceptors (Lipinski definition) is 4. The smallest absolute Gasteiger partial charge is 0.156 e. The first kappa shape index (κ1) is 25.5. The van der Waals surface area contributed by atoms with E-state index >= 15 is 0 Å². The molecular formula is C31H40ClN3O. The van der Waals surface area contributed by atoms with Gasteiger partial charge in [0.2, 0.25) is 0 Å². The summed E-state index contributed by atoms with van der Waals surface area (Å²) in [7, 11) is 0. The van der Waals surface area contributed by atoms with E-state index in [9.17, 15) is 5.11 Å². The van der Waals surface area contributed by atoms with Crippen LogP contribution in [0.4, 0.5) is 11.6 Å². The molecule has 0 bridgehead atoms. The Kier molecular flexibility index (Phi) is 7.83. The van der Waals surface area contributed by atoms with Crippen LogP contribution in [0.2, 0.25) is 5.02 Å². The first-order valence-corrected chi connectivity index (χ1v) is 14.1. The van der Waals surface area contributed by atoms with Gasteiger partial charge in [0.05, 0.1) is 11.1 Å². The van der Waals surface area contributed by atoms with Crippen LogP contribution in [0.25, 0.3) is 0 Å². The van der Waals surface area contributed by atoms with E-state index in [1.165, 1.54) is 24.8 Å². The zero-order valence-corrected chi connectivity index (χ0v) is 22.4. The van der Waals surface area contributed by atoms with Gasteiger partial charge in [0.1, 0.15) is 5.82 Å². The zero-order chi connectivity index (χ0) is 25.2. The number of aliphatic hydroxyl groups is 1. The van der Waals surface area contributed by atoms with E-state index in [1.54, 1.807) is 0 Å². The Balaban J connectivity index is 1.13. The van der Waals surface area contributed by atoms with E-state index in [0.29, 0.717) is 53.0 Å². The van der Waals surface area contributed by atoms with Crippen molar-refractivity contribution in [3.8, 4) is 0 Å². The van der Waals surface area contributed by atoms with Gasteiger partial charge >= 0.3 is 0 Å². The normalized spacial score (nSPS) is 32.3. The summed E-state index contributed by atoms with van der Waals surface area (Å²) in [6.45, 7) is 8.16. The largest absolute Gasteiger partial charge is 0.393 e. The van der Waals surface area contributed by atoms with Gasteiger partial charge in [-0.25, -0.2) is 9.98 Å². The summed E-state index contributed by atoms with van der Waals surface area (Å²) in [6.07, 6.45) is 11.5. The maximum Gasteiger partial charge on any atom is 0.156 e. The summed E-state index contributed by atoms with van der Waals surface area (Å²) < 4.78 is 0. The van der Waals surface area contributed by atoms with Gasteiger partial charge in [-0.2, -0.15) is 0 Å². The summed E-state index contributed by atoms with van der Waals surface area (Å²) in [5.41, 5.74) is 2.43. The van der Waals surface area contributed by atoms with Crippen molar-refractivity contribution in [2.45, 2.75) is 76.9 Å². The molecule has 3 aliphatic carbocycles. The van der Waals surface area contributed by atoms with Gasteiger partial charge in [-0.15, -0.1) is 6.58 Å². The molecule has 1 aromatic carbocycles. The molecule has 192 valence electrons. The van der Waals surface area contributed by atoms with Crippen molar-refractivity contribution in [3.63, 3.8) is 0 Å². The highest BCUT2D eigenvalue weighted by atomic mass is 35.5. The highest BCUT2D eigenvalue weighted by Crippen LogP contribution is 2.49. The number of aliphatic imine (C=N–C) groups is 1. The molecule has 5 unspecified atom stereocenters. The number of aryl methyl sites for hydroxylation is 1. The van der Waals surface area contributed by atoms with Crippen LogP contribution in [0, 0.1) is 36.5 Å². The molecule has 0 spiro atoms. The first-order valence-electron chi connectivity index (χ1n) is 13.7. The Morgan fingerprint density at radius 2 is 1.97 bits per heavy atom. The Bertz CT molecular complexity index is 1080. The van der Waals surface area contributed by atoms with Crippen LogP contribution in [0.5, 0.6) is 0 Å². The minimum Gasteiger partial charge on any atom is -0.393 e. The van der Waals surface area contributed by atoms with Crippen LogP contribution < -0.4 is 5.32 Å². The first-order chi connectivity index (χ1) is 17.4.